The van der Waals surface area contributed by atoms with E-state index in [1.807, 2.05) is 0 Å². The molecule has 0 fully saturated rings. The zero-order chi connectivity index (χ0) is 15.2. The first-order chi connectivity index (χ1) is 10.1. The highest BCUT2D eigenvalue weighted by Crippen LogP contribution is 2.20. The molecule has 0 radical (unpaired) electrons. The van der Waals surface area contributed by atoms with Crippen molar-refractivity contribution >= 4 is 0 Å². The molecule has 2 rings (SSSR count). The van der Waals surface area contributed by atoms with Crippen LogP contribution in [0.4, 0.5) is 4.39 Å². The first kappa shape index (κ1) is 15.6. The Bertz CT molecular complexity index is 546. The van der Waals surface area contributed by atoms with Crippen molar-refractivity contribution in [2.45, 2.75) is 39.2 Å². The van der Waals surface area contributed by atoms with E-state index < -0.39 is 0 Å². The summed E-state index contributed by atoms with van der Waals surface area (Å²) < 4.78 is 13.0. The summed E-state index contributed by atoms with van der Waals surface area (Å²) in [6, 6.07) is 12.0. The number of nitrogens with one attached hydrogen (secondary N) is 1. The molecule has 3 heteroatoms. The fourth-order valence-corrected chi connectivity index (χ4v) is 2.40. The van der Waals surface area contributed by atoms with Crippen LogP contribution in [0.5, 0.6) is 0 Å². The number of benzene rings is 1. The second-order valence-corrected chi connectivity index (χ2v) is 5.61. The van der Waals surface area contributed by atoms with Gasteiger partial charge in [0.25, 0.3) is 0 Å². The summed E-state index contributed by atoms with van der Waals surface area (Å²) in [4.78, 5) is 4.20. The molecule has 0 aliphatic heterocycles. The van der Waals surface area contributed by atoms with Gasteiger partial charge in [-0.25, -0.2) is 4.39 Å². The maximum absolute atomic E-state index is 13.0. The summed E-state index contributed by atoms with van der Waals surface area (Å²) in [5, 5.41) is 3.42. The van der Waals surface area contributed by atoms with E-state index in [1.54, 1.807) is 6.07 Å². The van der Waals surface area contributed by atoms with E-state index in [4.69, 9.17) is 0 Å². The minimum atomic E-state index is -0.296. The molecular weight excluding hydrogens is 263 g/mol. The van der Waals surface area contributed by atoms with Crippen molar-refractivity contribution in [1.29, 1.82) is 0 Å². The van der Waals surface area contributed by atoms with E-state index in [9.17, 15) is 4.39 Å². The van der Waals surface area contributed by atoms with Crippen molar-refractivity contribution in [2.24, 2.45) is 0 Å². The van der Waals surface area contributed by atoms with Gasteiger partial charge in [-0.2, -0.15) is 0 Å². The van der Waals surface area contributed by atoms with Crippen molar-refractivity contribution < 1.29 is 4.39 Å². The van der Waals surface area contributed by atoms with Crippen LogP contribution in [0.3, 0.4) is 0 Å². The van der Waals surface area contributed by atoms with Gasteiger partial charge < -0.3 is 5.32 Å². The molecule has 1 heterocycles. The van der Waals surface area contributed by atoms with E-state index in [-0.39, 0.29) is 11.9 Å². The lowest BCUT2D eigenvalue weighted by molar-refractivity contribution is 0.531. The molecule has 2 nitrogen and oxygen atoms in total. The number of hydrogen-bond acceptors (Lipinski definition) is 2. The zero-order valence-electron chi connectivity index (χ0n) is 12.9. The molecule has 0 bridgehead atoms. The molecular formula is C18H23FN2. The minimum absolute atomic E-state index is 0.112. The Morgan fingerprint density at radius 2 is 1.81 bits per heavy atom. The van der Waals surface area contributed by atoms with Crippen LogP contribution in [0.25, 0.3) is 0 Å². The first-order valence-electron chi connectivity index (χ1n) is 7.53. The highest BCUT2D eigenvalue weighted by atomic mass is 19.1. The third-order valence-electron chi connectivity index (χ3n) is 3.64. The Balaban J connectivity index is 2.13. The molecule has 0 aliphatic carbocycles. The molecule has 1 N–H and O–H groups in total. The number of aromatic nitrogens is 1. The largest absolute Gasteiger partial charge is 0.309 e. The second kappa shape index (κ2) is 7.32. The third-order valence-corrected chi connectivity index (χ3v) is 3.64. The molecule has 0 saturated heterocycles. The van der Waals surface area contributed by atoms with E-state index in [0.29, 0.717) is 5.92 Å². The van der Waals surface area contributed by atoms with Crippen molar-refractivity contribution in [3.63, 3.8) is 0 Å². The van der Waals surface area contributed by atoms with Gasteiger partial charge in [-0.1, -0.05) is 45.0 Å². The molecule has 0 aliphatic rings. The van der Waals surface area contributed by atoms with Gasteiger partial charge in [0.2, 0.25) is 0 Å². The van der Waals surface area contributed by atoms with E-state index in [2.05, 4.69) is 55.3 Å². The Kier molecular flexibility index (Phi) is 5.45. The fourth-order valence-electron chi connectivity index (χ4n) is 2.40. The highest BCUT2D eigenvalue weighted by molar-refractivity contribution is 5.26. The number of rotatable bonds is 6. The molecule has 1 atom stereocenters. The van der Waals surface area contributed by atoms with Gasteiger partial charge in [0.05, 0.1) is 17.9 Å². The normalized spacial score (nSPS) is 12.6. The van der Waals surface area contributed by atoms with Crippen LogP contribution >= 0.6 is 0 Å². The number of halogens is 1. The van der Waals surface area contributed by atoms with E-state index in [0.717, 1.165) is 18.7 Å². The Morgan fingerprint density at radius 1 is 1.10 bits per heavy atom. The SMILES string of the molecule is CCNC(Cc1ccc(C(C)C)cc1)c1ccc(F)cn1. The molecule has 112 valence electrons. The average Bonchev–Trinajstić information content (AvgIpc) is 2.48. The third kappa shape index (κ3) is 4.36. The zero-order valence-corrected chi connectivity index (χ0v) is 12.9. The molecule has 0 spiro atoms. The smallest absolute Gasteiger partial charge is 0.141 e. The summed E-state index contributed by atoms with van der Waals surface area (Å²) in [7, 11) is 0. The Hall–Kier alpha value is -1.74. The number of likely N-dealkylation sites (N-methyl/N-ethyl adjacent to an activating group) is 1. The summed E-state index contributed by atoms with van der Waals surface area (Å²) in [6.07, 6.45) is 2.13. The minimum Gasteiger partial charge on any atom is -0.309 e. The van der Waals surface area contributed by atoms with E-state index >= 15 is 0 Å². The molecule has 1 unspecified atom stereocenters. The van der Waals surface area contributed by atoms with Crippen LogP contribution in [0, 0.1) is 5.82 Å². The summed E-state index contributed by atoms with van der Waals surface area (Å²) in [5.41, 5.74) is 3.49. The molecule has 1 aromatic carbocycles. The summed E-state index contributed by atoms with van der Waals surface area (Å²) in [5.74, 6) is 0.248. The fraction of sp³-hybridized carbons (Fsp3) is 0.389. The Labute approximate surface area is 126 Å². The standard InChI is InChI=1S/C18H23FN2/c1-4-20-18(17-10-9-16(19)12-21-17)11-14-5-7-15(8-6-14)13(2)3/h5-10,12-13,18,20H,4,11H2,1-3H3. The maximum atomic E-state index is 13.0. The van der Waals surface area contributed by atoms with E-state index in [1.165, 1.54) is 23.4 Å². The van der Waals surface area contributed by atoms with Gasteiger partial charge in [-0.05, 0) is 42.1 Å². The quantitative estimate of drug-likeness (QED) is 0.859. The van der Waals surface area contributed by atoms with Crippen molar-refractivity contribution in [1.82, 2.24) is 10.3 Å². The van der Waals surface area contributed by atoms with Gasteiger partial charge in [-0.3, -0.25) is 4.98 Å². The number of pyridine rings is 1. The predicted molar refractivity (Wildman–Crippen MR) is 84.8 cm³/mol. The van der Waals surface area contributed by atoms with Crippen LogP contribution in [0.15, 0.2) is 42.6 Å². The van der Waals surface area contributed by atoms with Crippen molar-refractivity contribution in [3.8, 4) is 0 Å². The monoisotopic (exact) mass is 286 g/mol. The van der Waals surface area contributed by atoms with Gasteiger partial charge in [0, 0.05) is 0 Å². The summed E-state index contributed by atoms with van der Waals surface area (Å²) >= 11 is 0. The number of nitrogens with zero attached hydrogens (tertiary/aromatic N) is 1. The molecule has 2 aromatic rings. The lowest BCUT2D eigenvalue weighted by atomic mass is 9.98. The van der Waals surface area contributed by atoms with Crippen molar-refractivity contribution in [3.05, 3.63) is 65.2 Å². The van der Waals surface area contributed by atoms with Crippen LogP contribution in [-0.2, 0) is 6.42 Å². The first-order valence-corrected chi connectivity index (χ1v) is 7.53. The second-order valence-electron chi connectivity index (χ2n) is 5.61. The van der Waals surface area contributed by atoms with Crippen LogP contribution in [0.2, 0.25) is 0 Å². The lowest BCUT2D eigenvalue weighted by Crippen LogP contribution is -2.23. The van der Waals surface area contributed by atoms with Crippen LogP contribution < -0.4 is 5.32 Å². The predicted octanol–water partition coefficient (Wildman–Crippen LogP) is 4.24. The van der Waals surface area contributed by atoms with Crippen LogP contribution in [0.1, 0.15) is 49.6 Å². The topological polar surface area (TPSA) is 24.9 Å². The summed E-state index contributed by atoms with van der Waals surface area (Å²) in [6.45, 7) is 7.31. The highest BCUT2D eigenvalue weighted by Gasteiger charge is 2.13. The molecule has 1 aromatic heterocycles. The number of hydrogen-bond donors (Lipinski definition) is 1. The maximum Gasteiger partial charge on any atom is 0.141 e. The average molecular weight is 286 g/mol. The lowest BCUT2D eigenvalue weighted by Gasteiger charge is -2.18. The molecule has 0 amide bonds. The van der Waals surface area contributed by atoms with Gasteiger partial charge in [-0.15, -0.1) is 0 Å². The molecule has 0 saturated carbocycles. The Morgan fingerprint density at radius 3 is 2.33 bits per heavy atom. The van der Waals surface area contributed by atoms with Gasteiger partial charge in [0.15, 0.2) is 0 Å². The van der Waals surface area contributed by atoms with Crippen molar-refractivity contribution in [2.75, 3.05) is 6.54 Å². The van der Waals surface area contributed by atoms with Crippen LogP contribution in [-0.4, -0.2) is 11.5 Å². The van der Waals surface area contributed by atoms with Gasteiger partial charge in [0.1, 0.15) is 5.82 Å². The molecule has 21 heavy (non-hydrogen) atoms. The van der Waals surface area contributed by atoms with Gasteiger partial charge >= 0.3 is 0 Å².